The summed E-state index contributed by atoms with van der Waals surface area (Å²) in [5, 5.41) is 1.75. The molecule has 5 heteroatoms. The Hall–Kier alpha value is -1.52. The lowest BCUT2D eigenvalue weighted by molar-refractivity contribution is -0.131. The van der Waals surface area contributed by atoms with E-state index in [-0.39, 0.29) is 5.91 Å². The van der Waals surface area contributed by atoms with E-state index in [9.17, 15) is 4.79 Å². The van der Waals surface area contributed by atoms with E-state index < -0.39 is 0 Å². The minimum atomic E-state index is 0.180. The maximum absolute atomic E-state index is 12.5. The van der Waals surface area contributed by atoms with E-state index >= 15 is 0 Å². The Bertz CT molecular complexity index is 672. The highest BCUT2D eigenvalue weighted by Crippen LogP contribution is 2.26. The fourth-order valence-electron chi connectivity index (χ4n) is 2.90. The van der Waals surface area contributed by atoms with Gasteiger partial charge in [0.2, 0.25) is 5.91 Å². The van der Waals surface area contributed by atoms with Crippen LogP contribution >= 0.6 is 23.4 Å². The molecule has 126 valence electrons. The lowest BCUT2D eigenvalue weighted by Gasteiger charge is -2.32. The molecule has 1 saturated heterocycles. The number of amides is 1. The summed E-state index contributed by atoms with van der Waals surface area (Å²) in [6.07, 6.45) is 4.35. The molecule has 1 fully saturated rings. The van der Waals surface area contributed by atoms with Crippen LogP contribution in [0.4, 0.5) is 0 Å². The molecular formula is C19H21ClN2OS. The Labute approximate surface area is 152 Å². The Morgan fingerprint density at radius 3 is 2.62 bits per heavy atom. The summed E-state index contributed by atoms with van der Waals surface area (Å²) in [6.45, 7) is 1.69. The highest BCUT2D eigenvalue weighted by Gasteiger charge is 2.23. The van der Waals surface area contributed by atoms with Gasteiger partial charge in [0.05, 0.1) is 11.4 Å². The van der Waals surface area contributed by atoms with Crippen molar-refractivity contribution in [2.75, 3.05) is 18.8 Å². The summed E-state index contributed by atoms with van der Waals surface area (Å²) in [5.41, 5.74) is 0.914. The van der Waals surface area contributed by atoms with E-state index in [1.54, 1.807) is 0 Å². The lowest BCUT2D eigenvalue weighted by atomic mass is 9.98. The summed E-state index contributed by atoms with van der Waals surface area (Å²) >= 11 is 7.96. The van der Waals surface area contributed by atoms with Gasteiger partial charge >= 0.3 is 0 Å². The van der Waals surface area contributed by atoms with Gasteiger partial charge in [0, 0.05) is 30.1 Å². The normalized spacial score (nSPS) is 15.5. The second-order valence-corrected chi connectivity index (χ2v) is 7.52. The van der Waals surface area contributed by atoms with Crippen molar-refractivity contribution >= 4 is 29.3 Å². The van der Waals surface area contributed by atoms with Crippen LogP contribution in [0.2, 0.25) is 5.02 Å². The molecular weight excluding hydrogens is 340 g/mol. The fourth-order valence-corrected chi connectivity index (χ4v) is 4.15. The van der Waals surface area contributed by atoms with Gasteiger partial charge in [0.25, 0.3) is 0 Å². The summed E-state index contributed by atoms with van der Waals surface area (Å²) in [6, 6.07) is 13.6. The van der Waals surface area contributed by atoms with Gasteiger partial charge in [-0.05, 0) is 42.5 Å². The van der Waals surface area contributed by atoms with Crippen LogP contribution < -0.4 is 0 Å². The molecule has 0 radical (unpaired) electrons. The molecule has 2 aromatic rings. The molecule has 24 heavy (non-hydrogen) atoms. The Kier molecular flexibility index (Phi) is 6.16. The van der Waals surface area contributed by atoms with E-state index in [0.717, 1.165) is 42.3 Å². The Morgan fingerprint density at radius 2 is 1.92 bits per heavy atom. The first-order valence-corrected chi connectivity index (χ1v) is 9.64. The first kappa shape index (κ1) is 17.3. The molecule has 1 aliphatic heterocycles. The minimum absolute atomic E-state index is 0.180. The van der Waals surface area contributed by atoms with Crippen molar-refractivity contribution in [2.45, 2.75) is 24.3 Å². The maximum Gasteiger partial charge on any atom is 0.227 e. The van der Waals surface area contributed by atoms with Gasteiger partial charge in [-0.2, -0.15) is 0 Å². The largest absolute Gasteiger partial charge is 0.342 e. The van der Waals surface area contributed by atoms with Crippen molar-refractivity contribution in [3.05, 3.63) is 59.2 Å². The number of thioether (sulfide) groups is 1. The number of likely N-dealkylation sites (tertiary alicyclic amines) is 1. The average molecular weight is 361 g/mol. The Morgan fingerprint density at radius 1 is 1.17 bits per heavy atom. The summed E-state index contributed by atoms with van der Waals surface area (Å²) in [7, 11) is 0. The van der Waals surface area contributed by atoms with E-state index in [1.807, 2.05) is 65.3 Å². The number of carbonyl (C=O) groups excluding carboxylic acids is 1. The third kappa shape index (κ3) is 4.74. The molecule has 0 spiro atoms. The molecule has 0 bridgehead atoms. The minimum Gasteiger partial charge on any atom is -0.342 e. The predicted molar refractivity (Wildman–Crippen MR) is 99.4 cm³/mol. The number of aromatic nitrogens is 1. The van der Waals surface area contributed by atoms with Crippen molar-refractivity contribution in [1.29, 1.82) is 0 Å². The second-order valence-electron chi connectivity index (χ2n) is 6.07. The van der Waals surface area contributed by atoms with E-state index in [2.05, 4.69) is 4.98 Å². The third-order valence-electron chi connectivity index (χ3n) is 4.37. The zero-order valence-electron chi connectivity index (χ0n) is 13.5. The number of pyridine rings is 1. The van der Waals surface area contributed by atoms with Crippen LogP contribution in [0, 0.1) is 5.92 Å². The summed E-state index contributed by atoms with van der Waals surface area (Å²) in [4.78, 5) is 18.8. The molecule has 2 heterocycles. The fraction of sp³-hybridized carbons (Fsp3) is 0.368. The van der Waals surface area contributed by atoms with Crippen LogP contribution in [-0.4, -0.2) is 34.6 Å². The molecule has 0 saturated carbocycles. The number of piperidine rings is 1. The zero-order valence-corrected chi connectivity index (χ0v) is 15.1. The highest BCUT2D eigenvalue weighted by molar-refractivity contribution is 7.99. The van der Waals surface area contributed by atoms with E-state index in [0.29, 0.717) is 17.4 Å². The molecule has 0 unspecified atom stereocenters. The van der Waals surface area contributed by atoms with Gasteiger partial charge in [-0.25, -0.2) is 4.98 Å². The summed E-state index contributed by atoms with van der Waals surface area (Å²) in [5.74, 6) is 1.91. The molecule has 0 N–H and O–H groups in total. The molecule has 1 aromatic carbocycles. The molecule has 0 aliphatic carbocycles. The monoisotopic (exact) mass is 360 g/mol. The molecule has 3 nitrogen and oxygen atoms in total. The van der Waals surface area contributed by atoms with Crippen molar-refractivity contribution in [3.8, 4) is 0 Å². The second kappa shape index (κ2) is 8.54. The van der Waals surface area contributed by atoms with Crippen LogP contribution in [0.25, 0.3) is 0 Å². The third-order valence-corrected chi connectivity index (χ3v) is 5.92. The van der Waals surface area contributed by atoms with Gasteiger partial charge in [-0.3, -0.25) is 4.79 Å². The van der Waals surface area contributed by atoms with E-state index in [1.165, 1.54) is 0 Å². The zero-order chi connectivity index (χ0) is 16.8. The number of carbonyl (C=O) groups is 1. The van der Waals surface area contributed by atoms with Crippen molar-refractivity contribution in [1.82, 2.24) is 9.88 Å². The van der Waals surface area contributed by atoms with Crippen molar-refractivity contribution in [2.24, 2.45) is 5.92 Å². The first-order chi connectivity index (χ1) is 11.7. The molecule has 1 aliphatic rings. The molecule has 1 amide bonds. The molecule has 3 rings (SSSR count). The lowest BCUT2D eigenvalue weighted by Crippen LogP contribution is -2.39. The topological polar surface area (TPSA) is 33.2 Å². The van der Waals surface area contributed by atoms with Gasteiger partial charge < -0.3 is 4.90 Å². The number of hydrogen-bond donors (Lipinski definition) is 0. The SMILES string of the molecule is O=C(Cc1ccccc1Cl)N1CCC(CSc2ccccn2)CC1. The average Bonchev–Trinajstić information content (AvgIpc) is 2.63. The summed E-state index contributed by atoms with van der Waals surface area (Å²) < 4.78 is 0. The van der Waals surface area contributed by atoms with Gasteiger partial charge in [0.1, 0.15) is 0 Å². The number of nitrogens with zero attached hydrogens (tertiary/aromatic N) is 2. The van der Waals surface area contributed by atoms with Crippen LogP contribution in [-0.2, 0) is 11.2 Å². The highest BCUT2D eigenvalue weighted by atomic mass is 35.5. The number of halogens is 1. The van der Waals surface area contributed by atoms with Gasteiger partial charge in [0.15, 0.2) is 0 Å². The van der Waals surface area contributed by atoms with Crippen molar-refractivity contribution in [3.63, 3.8) is 0 Å². The van der Waals surface area contributed by atoms with Crippen LogP contribution in [0.3, 0.4) is 0 Å². The maximum atomic E-state index is 12.5. The number of benzene rings is 1. The number of hydrogen-bond acceptors (Lipinski definition) is 3. The predicted octanol–water partition coefficient (Wildman–Crippen LogP) is 4.31. The van der Waals surface area contributed by atoms with Gasteiger partial charge in [-0.1, -0.05) is 35.9 Å². The first-order valence-electron chi connectivity index (χ1n) is 8.27. The molecule has 0 atom stereocenters. The van der Waals surface area contributed by atoms with Gasteiger partial charge in [-0.15, -0.1) is 11.8 Å². The van der Waals surface area contributed by atoms with Crippen LogP contribution in [0.1, 0.15) is 18.4 Å². The standard InChI is InChI=1S/C19H21ClN2OS/c20-17-6-2-1-5-16(17)13-19(23)22-11-8-15(9-12-22)14-24-18-7-3-4-10-21-18/h1-7,10,15H,8-9,11-14H2. The molecule has 1 aromatic heterocycles. The van der Waals surface area contributed by atoms with Crippen molar-refractivity contribution < 1.29 is 4.79 Å². The quantitative estimate of drug-likeness (QED) is 0.745. The van der Waals surface area contributed by atoms with Crippen LogP contribution in [0.15, 0.2) is 53.7 Å². The smallest absolute Gasteiger partial charge is 0.227 e. The van der Waals surface area contributed by atoms with E-state index in [4.69, 9.17) is 11.6 Å². The van der Waals surface area contributed by atoms with Crippen LogP contribution in [0.5, 0.6) is 0 Å². The number of rotatable bonds is 5. The Balaban J connectivity index is 1.44.